The molecule has 0 unspecified atom stereocenters. The molecule has 0 aliphatic rings. The highest BCUT2D eigenvalue weighted by Gasteiger charge is 2.14. The Kier molecular flexibility index (Phi) is 6.34. The van der Waals surface area contributed by atoms with Gasteiger partial charge in [-0.25, -0.2) is 0 Å². The van der Waals surface area contributed by atoms with Gasteiger partial charge in [0.05, 0.1) is 17.9 Å². The van der Waals surface area contributed by atoms with Gasteiger partial charge in [0.25, 0.3) is 0 Å². The largest absolute Gasteiger partial charge is 0.495 e. The predicted octanol–water partition coefficient (Wildman–Crippen LogP) is 4.53. The first-order valence-electron chi connectivity index (χ1n) is 8.00. The summed E-state index contributed by atoms with van der Waals surface area (Å²) in [6.45, 7) is 2.72. The second-order valence-corrected chi connectivity index (χ2v) is 7.95. The van der Waals surface area contributed by atoms with Crippen molar-refractivity contribution in [3.05, 3.63) is 57.0 Å². The maximum atomic E-state index is 12.5. The van der Waals surface area contributed by atoms with Crippen LogP contribution in [0.1, 0.15) is 21.1 Å². The monoisotopic (exact) mass is 407 g/mol. The van der Waals surface area contributed by atoms with E-state index in [1.165, 1.54) is 16.6 Å². The summed E-state index contributed by atoms with van der Waals surface area (Å²) >= 11 is 9.23. The van der Waals surface area contributed by atoms with Crippen molar-refractivity contribution in [1.29, 1.82) is 0 Å². The summed E-state index contributed by atoms with van der Waals surface area (Å²) in [5.74, 6) is 1.67. The van der Waals surface area contributed by atoms with Crippen LogP contribution in [0.3, 0.4) is 0 Å². The number of rotatable bonds is 8. The number of ether oxygens (including phenoxy) is 1. The molecule has 3 rings (SSSR count). The maximum Gasteiger partial charge on any atom is 0.191 e. The van der Waals surface area contributed by atoms with Crippen LogP contribution in [0.25, 0.3) is 0 Å². The van der Waals surface area contributed by atoms with E-state index in [4.69, 9.17) is 16.3 Å². The Morgan fingerprint density at radius 2 is 2.19 bits per heavy atom. The van der Waals surface area contributed by atoms with Crippen molar-refractivity contribution in [2.75, 3.05) is 12.9 Å². The molecule has 26 heavy (non-hydrogen) atoms. The fraction of sp³-hybridized carbons (Fsp3) is 0.278. The number of methoxy groups -OCH3 is 1. The number of nitrogens with zero attached hydrogens (tertiary/aromatic N) is 3. The van der Waals surface area contributed by atoms with Crippen molar-refractivity contribution in [2.24, 2.45) is 0 Å². The summed E-state index contributed by atoms with van der Waals surface area (Å²) in [7, 11) is 1.55. The van der Waals surface area contributed by atoms with Gasteiger partial charge in [0, 0.05) is 17.0 Å². The summed E-state index contributed by atoms with van der Waals surface area (Å²) < 4.78 is 7.17. The van der Waals surface area contributed by atoms with Crippen LogP contribution >= 0.6 is 34.7 Å². The molecule has 0 saturated carbocycles. The Morgan fingerprint density at radius 1 is 1.35 bits per heavy atom. The topological polar surface area (TPSA) is 57.0 Å². The first kappa shape index (κ1) is 18.9. The number of ketones is 1. The number of aryl methyl sites for hydroxylation is 2. The van der Waals surface area contributed by atoms with Gasteiger partial charge in [-0.15, -0.1) is 21.5 Å². The molecular weight excluding hydrogens is 390 g/mol. The van der Waals surface area contributed by atoms with Crippen molar-refractivity contribution in [3.8, 4) is 5.75 Å². The molecule has 3 aromatic rings. The Hall–Kier alpha value is -1.83. The van der Waals surface area contributed by atoms with Crippen molar-refractivity contribution < 1.29 is 9.53 Å². The van der Waals surface area contributed by atoms with Crippen LogP contribution in [0.4, 0.5) is 0 Å². The number of hydrogen-bond donors (Lipinski definition) is 0. The lowest BCUT2D eigenvalue weighted by atomic mass is 10.1. The molecule has 0 bridgehead atoms. The zero-order chi connectivity index (χ0) is 18.5. The second-order valence-electron chi connectivity index (χ2n) is 5.57. The summed E-state index contributed by atoms with van der Waals surface area (Å²) in [6.07, 6.45) is 0.923. The van der Waals surface area contributed by atoms with Crippen molar-refractivity contribution in [2.45, 2.75) is 25.0 Å². The van der Waals surface area contributed by atoms with E-state index in [1.807, 2.05) is 13.0 Å². The molecule has 5 nitrogen and oxygen atoms in total. The minimum atomic E-state index is -0.00925. The number of thiophene rings is 1. The Balaban J connectivity index is 1.64. The van der Waals surface area contributed by atoms with Crippen LogP contribution in [0, 0.1) is 6.92 Å². The van der Waals surface area contributed by atoms with Crippen molar-refractivity contribution in [3.63, 3.8) is 0 Å². The van der Waals surface area contributed by atoms with Gasteiger partial charge >= 0.3 is 0 Å². The number of Topliss-reactive ketones (excluding diaryl/α,β-unsaturated/α-hetero) is 1. The standard InChI is InChI=1S/C18H18ClN3O2S2/c1-12-20-21-18(22(12)8-7-14-4-3-9-25-14)26-11-16(23)13-5-6-17(24-2)15(19)10-13/h3-6,9-10H,7-8,11H2,1-2H3. The highest BCUT2D eigenvalue weighted by Crippen LogP contribution is 2.26. The third-order valence-corrected chi connectivity index (χ3v) is 6.07. The fourth-order valence-corrected chi connectivity index (χ4v) is 4.32. The molecule has 0 amide bonds. The highest BCUT2D eigenvalue weighted by atomic mass is 35.5. The molecule has 0 radical (unpaired) electrons. The lowest BCUT2D eigenvalue weighted by Gasteiger charge is -2.08. The molecule has 0 saturated heterocycles. The van der Waals surface area contributed by atoms with Crippen LogP contribution in [0.2, 0.25) is 5.02 Å². The number of aromatic nitrogens is 3. The summed E-state index contributed by atoms with van der Waals surface area (Å²) in [4.78, 5) is 13.8. The molecular formula is C18H18ClN3O2S2. The molecule has 2 heterocycles. The summed E-state index contributed by atoms with van der Waals surface area (Å²) in [5.41, 5.74) is 0.560. The molecule has 0 atom stereocenters. The average Bonchev–Trinajstić information content (AvgIpc) is 3.27. The number of carbonyl (C=O) groups is 1. The lowest BCUT2D eigenvalue weighted by molar-refractivity contribution is 0.102. The van der Waals surface area contributed by atoms with Crippen LogP contribution in [0.5, 0.6) is 5.75 Å². The molecule has 0 aliphatic heterocycles. The van der Waals surface area contributed by atoms with E-state index in [2.05, 4.69) is 26.2 Å². The van der Waals surface area contributed by atoms with E-state index < -0.39 is 0 Å². The first-order valence-corrected chi connectivity index (χ1v) is 10.2. The number of halogens is 1. The van der Waals surface area contributed by atoms with E-state index in [0.717, 1.165) is 23.9 Å². The number of hydrogen-bond acceptors (Lipinski definition) is 6. The van der Waals surface area contributed by atoms with Crippen molar-refractivity contribution >= 4 is 40.5 Å². The van der Waals surface area contributed by atoms with Crippen molar-refractivity contribution in [1.82, 2.24) is 14.8 Å². The van der Waals surface area contributed by atoms with Crippen LogP contribution < -0.4 is 4.74 Å². The Morgan fingerprint density at radius 3 is 2.88 bits per heavy atom. The van der Waals surface area contributed by atoms with Gasteiger partial charge in [0.2, 0.25) is 0 Å². The third kappa shape index (κ3) is 4.47. The van der Waals surface area contributed by atoms with Crippen LogP contribution in [-0.2, 0) is 13.0 Å². The summed E-state index contributed by atoms with van der Waals surface area (Å²) in [6, 6.07) is 9.23. The average molecular weight is 408 g/mol. The van der Waals surface area contributed by atoms with E-state index in [1.54, 1.807) is 36.6 Å². The highest BCUT2D eigenvalue weighted by molar-refractivity contribution is 7.99. The molecule has 136 valence electrons. The zero-order valence-corrected chi connectivity index (χ0v) is 16.8. The predicted molar refractivity (Wildman–Crippen MR) is 106 cm³/mol. The van der Waals surface area contributed by atoms with Gasteiger partial charge in [0.15, 0.2) is 10.9 Å². The lowest BCUT2D eigenvalue weighted by Crippen LogP contribution is -2.07. The Labute approximate surface area is 165 Å². The molecule has 1 aromatic carbocycles. The van der Waals surface area contributed by atoms with E-state index >= 15 is 0 Å². The van der Waals surface area contributed by atoms with Gasteiger partial charge in [-0.05, 0) is 43.0 Å². The smallest absolute Gasteiger partial charge is 0.191 e. The van der Waals surface area contributed by atoms with E-state index in [9.17, 15) is 4.79 Å². The van der Waals surface area contributed by atoms with E-state index in [-0.39, 0.29) is 11.5 Å². The van der Waals surface area contributed by atoms with Crippen LogP contribution in [0.15, 0.2) is 40.9 Å². The fourth-order valence-electron chi connectivity index (χ4n) is 2.46. The van der Waals surface area contributed by atoms with Gasteiger partial charge in [-0.3, -0.25) is 4.79 Å². The van der Waals surface area contributed by atoms with Gasteiger partial charge in [-0.1, -0.05) is 29.4 Å². The number of thioether (sulfide) groups is 1. The zero-order valence-electron chi connectivity index (χ0n) is 14.4. The molecule has 2 aromatic heterocycles. The molecule has 0 aliphatic carbocycles. The number of carbonyl (C=O) groups excluding carboxylic acids is 1. The first-order chi connectivity index (χ1) is 12.6. The van der Waals surface area contributed by atoms with Gasteiger partial charge in [-0.2, -0.15) is 0 Å². The minimum Gasteiger partial charge on any atom is -0.495 e. The summed E-state index contributed by atoms with van der Waals surface area (Å²) in [5, 5.41) is 11.6. The van der Waals surface area contributed by atoms with Crippen LogP contribution in [-0.4, -0.2) is 33.4 Å². The second kappa shape index (κ2) is 8.70. The Bertz CT molecular complexity index is 894. The quantitative estimate of drug-likeness (QED) is 0.405. The molecule has 0 N–H and O–H groups in total. The van der Waals surface area contributed by atoms with E-state index in [0.29, 0.717) is 16.3 Å². The molecule has 0 spiro atoms. The van der Waals surface area contributed by atoms with Gasteiger partial charge in [0.1, 0.15) is 11.6 Å². The third-order valence-electron chi connectivity index (χ3n) is 3.87. The molecule has 8 heteroatoms. The molecule has 0 fully saturated rings. The normalized spacial score (nSPS) is 10.9. The van der Waals surface area contributed by atoms with Gasteiger partial charge < -0.3 is 9.30 Å². The number of benzene rings is 1. The maximum absolute atomic E-state index is 12.5. The minimum absolute atomic E-state index is 0.00925. The SMILES string of the molecule is COc1ccc(C(=O)CSc2nnc(C)n2CCc2cccs2)cc1Cl.